The van der Waals surface area contributed by atoms with Gasteiger partial charge >= 0.3 is 5.97 Å². The molecule has 1 saturated carbocycles. The molecule has 2 N–H and O–H groups in total. The minimum Gasteiger partial charge on any atom is -0.481 e. The number of carboxylic acids is 1. The summed E-state index contributed by atoms with van der Waals surface area (Å²) in [5.41, 5.74) is 0.128. The van der Waals surface area contributed by atoms with Crippen LogP contribution >= 0.6 is 31.9 Å². The van der Waals surface area contributed by atoms with Gasteiger partial charge in [0.05, 0.1) is 17.5 Å². The van der Waals surface area contributed by atoms with E-state index in [-0.39, 0.29) is 5.91 Å². The summed E-state index contributed by atoms with van der Waals surface area (Å²) in [6.07, 6.45) is 0. The summed E-state index contributed by atoms with van der Waals surface area (Å²) in [6.45, 7) is 3.59. The van der Waals surface area contributed by atoms with Crippen molar-refractivity contribution in [3.63, 3.8) is 0 Å². The number of nitrogens with one attached hydrogen (secondary N) is 1. The number of hydrogen-bond donors (Lipinski definition) is 2. The van der Waals surface area contributed by atoms with Crippen LogP contribution in [0.15, 0.2) is 27.1 Å². The van der Waals surface area contributed by atoms with Gasteiger partial charge in [0.25, 0.3) is 0 Å². The highest BCUT2D eigenvalue weighted by Gasteiger charge is 2.65. The van der Waals surface area contributed by atoms with Gasteiger partial charge in [-0.1, -0.05) is 19.9 Å². The quantitative estimate of drug-likeness (QED) is 0.829. The predicted octanol–water partition coefficient (Wildman–Crippen LogP) is 3.51. The first-order valence-corrected chi connectivity index (χ1v) is 7.33. The van der Waals surface area contributed by atoms with E-state index in [1.807, 2.05) is 18.2 Å². The summed E-state index contributed by atoms with van der Waals surface area (Å²) in [4.78, 5) is 23.3. The molecule has 1 amide bonds. The first kappa shape index (κ1) is 14.5. The maximum atomic E-state index is 12.2. The van der Waals surface area contributed by atoms with Crippen molar-refractivity contribution >= 4 is 49.4 Å². The number of halogens is 2. The SMILES string of the molecule is CC1(C)C(C(=O)O)C1C(=O)Nc1c(Br)cccc1Br. The second kappa shape index (κ2) is 4.90. The Kier molecular flexibility index (Phi) is 3.75. The largest absolute Gasteiger partial charge is 0.481 e. The zero-order chi connectivity index (χ0) is 14.4. The fourth-order valence-corrected chi connectivity index (χ4v) is 3.60. The predicted molar refractivity (Wildman–Crippen MR) is 78.9 cm³/mol. The van der Waals surface area contributed by atoms with E-state index in [0.29, 0.717) is 5.69 Å². The van der Waals surface area contributed by atoms with Crippen LogP contribution in [0.25, 0.3) is 0 Å². The number of carboxylic acid groups (broad SMARTS) is 1. The third-order valence-electron chi connectivity index (χ3n) is 3.59. The summed E-state index contributed by atoms with van der Waals surface area (Å²) < 4.78 is 1.50. The topological polar surface area (TPSA) is 66.4 Å². The molecule has 0 radical (unpaired) electrons. The van der Waals surface area contributed by atoms with Crippen LogP contribution in [0, 0.1) is 17.3 Å². The molecule has 0 bridgehead atoms. The third-order valence-corrected chi connectivity index (χ3v) is 4.91. The van der Waals surface area contributed by atoms with Crippen LogP contribution in [-0.2, 0) is 9.59 Å². The molecule has 19 heavy (non-hydrogen) atoms. The molecule has 2 unspecified atom stereocenters. The number of rotatable bonds is 3. The lowest BCUT2D eigenvalue weighted by atomic mass is 10.1. The molecule has 0 saturated heterocycles. The van der Waals surface area contributed by atoms with E-state index in [4.69, 9.17) is 5.11 Å². The molecule has 2 rings (SSSR count). The van der Waals surface area contributed by atoms with Crippen molar-refractivity contribution in [3.8, 4) is 0 Å². The van der Waals surface area contributed by atoms with Crippen LogP contribution in [-0.4, -0.2) is 17.0 Å². The molecule has 0 spiro atoms. The van der Waals surface area contributed by atoms with Gasteiger partial charge in [-0.15, -0.1) is 0 Å². The molecule has 1 aliphatic carbocycles. The van der Waals surface area contributed by atoms with Gasteiger partial charge in [0.1, 0.15) is 0 Å². The monoisotopic (exact) mass is 389 g/mol. The van der Waals surface area contributed by atoms with Crippen molar-refractivity contribution in [2.75, 3.05) is 5.32 Å². The number of aliphatic carboxylic acids is 1. The highest BCUT2D eigenvalue weighted by atomic mass is 79.9. The Hall–Kier alpha value is -0.880. The van der Waals surface area contributed by atoms with Crippen molar-refractivity contribution < 1.29 is 14.7 Å². The van der Waals surface area contributed by atoms with Gasteiger partial charge < -0.3 is 10.4 Å². The molecule has 1 aliphatic rings. The van der Waals surface area contributed by atoms with Crippen molar-refractivity contribution in [1.29, 1.82) is 0 Å². The normalized spacial score (nSPS) is 23.8. The minimum absolute atomic E-state index is 0.259. The number of para-hydroxylation sites is 1. The Morgan fingerprint density at radius 3 is 2.16 bits per heavy atom. The van der Waals surface area contributed by atoms with Crippen LogP contribution < -0.4 is 5.32 Å². The summed E-state index contributed by atoms with van der Waals surface area (Å²) >= 11 is 6.71. The van der Waals surface area contributed by atoms with Crippen LogP contribution in [0.3, 0.4) is 0 Å². The van der Waals surface area contributed by atoms with Crippen molar-refractivity contribution in [1.82, 2.24) is 0 Å². The first-order chi connectivity index (χ1) is 8.76. The van der Waals surface area contributed by atoms with E-state index in [1.165, 1.54) is 0 Å². The van der Waals surface area contributed by atoms with Gasteiger partial charge in [-0.2, -0.15) is 0 Å². The summed E-state index contributed by atoms with van der Waals surface area (Å²) in [5, 5.41) is 11.9. The summed E-state index contributed by atoms with van der Waals surface area (Å²) in [6, 6.07) is 5.46. The van der Waals surface area contributed by atoms with E-state index in [1.54, 1.807) is 13.8 Å². The summed E-state index contributed by atoms with van der Waals surface area (Å²) in [7, 11) is 0. The molecule has 0 aromatic heterocycles. The molecule has 0 aliphatic heterocycles. The Balaban J connectivity index is 2.18. The molecular weight excluding hydrogens is 378 g/mol. The van der Waals surface area contributed by atoms with Crippen molar-refractivity contribution in [2.24, 2.45) is 17.3 Å². The second-order valence-electron chi connectivity index (χ2n) is 5.20. The molecular formula is C13H13Br2NO3. The number of hydrogen-bond acceptors (Lipinski definition) is 2. The number of anilines is 1. The highest BCUT2D eigenvalue weighted by Crippen LogP contribution is 2.58. The Labute approximate surface area is 127 Å². The van der Waals surface area contributed by atoms with Crippen LogP contribution in [0.4, 0.5) is 5.69 Å². The lowest BCUT2D eigenvalue weighted by molar-refractivity contribution is -0.140. The fraction of sp³-hybridized carbons (Fsp3) is 0.385. The van der Waals surface area contributed by atoms with Gasteiger partial charge in [-0.3, -0.25) is 9.59 Å². The van der Waals surface area contributed by atoms with Gasteiger partial charge in [-0.25, -0.2) is 0 Å². The van der Waals surface area contributed by atoms with Crippen molar-refractivity contribution in [2.45, 2.75) is 13.8 Å². The number of carbonyl (C=O) groups is 2. The van der Waals surface area contributed by atoms with Crippen LogP contribution in [0.5, 0.6) is 0 Å². The van der Waals surface area contributed by atoms with Crippen LogP contribution in [0.1, 0.15) is 13.8 Å². The molecule has 2 atom stereocenters. The fourth-order valence-electron chi connectivity index (χ4n) is 2.41. The molecule has 6 heteroatoms. The average Bonchev–Trinajstić information content (AvgIpc) is 2.87. The maximum absolute atomic E-state index is 12.2. The average molecular weight is 391 g/mol. The van der Waals surface area contributed by atoms with E-state index in [9.17, 15) is 9.59 Å². The third kappa shape index (κ3) is 2.56. The standard InChI is InChI=1S/C13H13Br2NO3/c1-13(2)8(9(13)12(18)19)11(17)16-10-6(14)4-3-5-7(10)15/h3-5,8-9H,1-2H3,(H,16,17)(H,18,19). The van der Waals surface area contributed by atoms with Crippen molar-refractivity contribution in [3.05, 3.63) is 27.1 Å². The molecule has 1 aromatic carbocycles. The summed E-state index contributed by atoms with van der Waals surface area (Å²) in [5.74, 6) is -2.29. The van der Waals surface area contributed by atoms with E-state index >= 15 is 0 Å². The Bertz CT molecular complexity index is 537. The van der Waals surface area contributed by atoms with E-state index < -0.39 is 23.2 Å². The molecule has 102 valence electrons. The number of amides is 1. The van der Waals surface area contributed by atoms with Gasteiger partial charge in [-0.05, 0) is 49.4 Å². The second-order valence-corrected chi connectivity index (χ2v) is 6.91. The molecule has 0 heterocycles. The maximum Gasteiger partial charge on any atom is 0.307 e. The first-order valence-electron chi connectivity index (χ1n) is 5.74. The zero-order valence-electron chi connectivity index (χ0n) is 10.4. The lowest BCUT2D eigenvalue weighted by Crippen LogP contribution is -2.18. The lowest BCUT2D eigenvalue weighted by Gasteiger charge is -2.10. The highest BCUT2D eigenvalue weighted by molar-refractivity contribution is 9.11. The number of benzene rings is 1. The Morgan fingerprint density at radius 2 is 1.74 bits per heavy atom. The van der Waals surface area contributed by atoms with Gasteiger partial charge in [0.15, 0.2) is 0 Å². The molecule has 1 aromatic rings. The minimum atomic E-state index is -0.920. The molecule has 4 nitrogen and oxygen atoms in total. The van der Waals surface area contributed by atoms with Gasteiger partial charge in [0, 0.05) is 8.95 Å². The van der Waals surface area contributed by atoms with Crippen LogP contribution in [0.2, 0.25) is 0 Å². The zero-order valence-corrected chi connectivity index (χ0v) is 13.6. The Morgan fingerprint density at radius 1 is 1.21 bits per heavy atom. The van der Waals surface area contributed by atoms with Gasteiger partial charge in [0.2, 0.25) is 5.91 Å². The number of carbonyl (C=O) groups excluding carboxylic acids is 1. The van der Waals surface area contributed by atoms with E-state index in [0.717, 1.165) is 8.95 Å². The van der Waals surface area contributed by atoms with E-state index in [2.05, 4.69) is 37.2 Å². The smallest absolute Gasteiger partial charge is 0.307 e. The molecule has 1 fully saturated rings.